The summed E-state index contributed by atoms with van der Waals surface area (Å²) in [5.41, 5.74) is 8.47. The smallest absolute Gasteiger partial charge is 0.242 e. The average Bonchev–Trinajstić information content (AvgIpc) is 2.44. The van der Waals surface area contributed by atoms with Crippen LogP contribution in [0.25, 0.3) is 0 Å². The lowest BCUT2D eigenvalue weighted by Gasteiger charge is -2.13. The van der Waals surface area contributed by atoms with Crippen LogP contribution in [0.2, 0.25) is 0 Å². The predicted octanol–water partition coefficient (Wildman–Crippen LogP) is 3.66. The number of benzene rings is 1. The molecule has 0 radical (unpaired) electrons. The van der Waals surface area contributed by atoms with Gasteiger partial charge in [0.25, 0.3) is 0 Å². The third-order valence-electron chi connectivity index (χ3n) is 2.74. The summed E-state index contributed by atoms with van der Waals surface area (Å²) in [5.74, 6) is 0.950. The maximum atomic E-state index is 6.03. The van der Waals surface area contributed by atoms with Crippen LogP contribution in [-0.2, 0) is 0 Å². The number of nitrogens with two attached hydrogens (primary N) is 1. The van der Waals surface area contributed by atoms with Crippen molar-refractivity contribution >= 4 is 33.1 Å². The first-order chi connectivity index (χ1) is 9.63. The summed E-state index contributed by atoms with van der Waals surface area (Å²) in [6.07, 6.45) is 2.34. The molecule has 0 fully saturated rings. The van der Waals surface area contributed by atoms with Crippen molar-refractivity contribution in [3.63, 3.8) is 0 Å². The molecule has 0 atom stereocenters. The van der Waals surface area contributed by atoms with E-state index in [2.05, 4.69) is 31.2 Å². The summed E-state index contributed by atoms with van der Waals surface area (Å²) < 4.78 is 6.47. The minimum atomic E-state index is 0.410. The number of aryl methyl sites for hydroxylation is 1. The van der Waals surface area contributed by atoms with Crippen molar-refractivity contribution in [1.29, 1.82) is 0 Å². The highest BCUT2D eigenvalue weighted by atomic mass is 79.9. The Bertz CT molecular complexity index is 604. The number of nitrogens with one attached hydrogen (secondary N) is 1. The highest BCUT2D eigenvalue weighted by molar-refractivity contribution is 9.10. The van der Waals surface area contributed by atoms with Crippen molar-refractivity contribution in [3.8, 4) is 5.88 Å². The van der Waals surface area contributed by atoms with E-state index in [4.69, 9.17) is 10.5 Å². The Kier molecular flexibility index (Phi) is 4.79. The first kappa shape index (κ1) is 14.6. The molecule has 6 heteroatoms. The van der Waals surface area contributed by atoms with Gasteiger partial charge in [-0.1, -0.05) is 19.1 Å². The molecule has 3 N–H and O–H groups in total. The largest absolute Gasteiger partial charge is 0.476 e. The van der Waals surface area contributed by atoms with Crippen LogP contribution in [0.3, 0.4) is 0 Å². The number of hydrogen-bond donors (Lipinski definition) is 2. The molecular formula is C14H17BrN4O. The quantitative estimate of drug-likeness (QED) is 0.871. The fourth-order valence-corrected chi connectivity index (χ4v) is 2.03. The third-order valence-corrected chi connectivity index (χ3v) is 3.79. The number of nitrogen functional groups attached to an aromatic ring is 1. The van der Waals surface area contributed by atoms with Crippen LogP contribution in [-0.4, -0.2) is 16.6 Å². The molecular weight excluding hydrogens is 320 g/mol. The van der Waals surface area contributed by atoms with Crippen molar-refractivity contribution in [1.82, 2.24) is 9.97 Å². The number of halogens is 1. The van der Waals surface area contributed by atoms with E-state index in [1.54, 1.807) is 0 Å². The van der Waals surface area contributed by atoms with Crippen LogP contribution in [0.15, 0.2) is 29.0 Å². The molecule has 2 aromatic rings. The fourth-order valence-electron chi connectivity index (χ4n) is 1.66. The van der Waals surface area contributed by atoms with Crippen LogP contribution >= 0.6 is 15.9 Å². The van der Waals surface area contributed by atoms with E-state index in [1.807, 2.05) is 32.0 Å². The molecule has 1 aromatic carbocycles. The molecule has 0 aliphatic carbocycles. The number of rotatable bonds is 5. The van der Waals surface area contributed by atoms with Crippen molar-refractivity contribution in [2.24, 2.45) is 0 Å². The Balaban J connectivity index is 2.27. The molecule has 2 rings (SSSR count). The second-order valence-electron chi connectivity index (χ2n) is 4.35. The van der Waals surface area contributed by atoms with Crippen LogP contribution in [0.5, 0.6) is 5.88 Å². The molecule has 1 aromatic heterocycles. The molecule has 0 aliphatic rings. The van der Waals surface area contributed by atoms with Crippen molar-refractivity contribution in [2.75, 3.05) is 17.7 Å². The topological polar surface area (TPSA) is 73.1 Å². The van der Waals surface area contributed by atoms with Gasteiger partial charge >= 0.3 is 0 Å². The van der Waals surface area contributed by atoms with Gasteiger partial charge in [0.05, 0.1) is 12.3 Å². The van der Waals surface area contributed by atoms with E-state index in [0.717, 1.165) is 22.1 Å². The minimum absolute atomic E-state index is 0.410. The van der Waals surface area contributed by atoms with Gasteiger partial charge in [0.15, 0.2) is 5.82 Å². The maximum absolute atomic E-state index is 6.03. The lowest BCUT2D eigenvalue weighted by molar-refractivity contribution is 0.307. The number of nitrogens with zero attached hydrogens (tertiary/aromatic N) is 2. The number of ether oxygens (including phenoxy) is 1. The molecule has 0 amide bonds. The van der Waals surface area contributed by atoms with Crippen LogP contribution in [0.1, 0.15) is 18.9 Å². The zero-order chi connectivity index (χ0) is 14.5. The summed E-state index contributed by atoms with van der Waals surface area (Å²) in [5, 5.41) is 3.20. The number of anilines is 3. The Morgan fingerprint density at radius 2 is 2.15 bits per heavy atom. The molecule has 5 nitrogen and oxygen atoms in total. The van der Waals surface area contributed by atoms with Crippen molar-refractivity contribution in [2.45, 2.75) is 20.3 Å². The van der Waals surface area contributed by atoms with Crippen LogP contribution in [0.4, 0.5) is 17.2 Å². The predicted molar refractivity (Wildman–Crippen MR) is 84.4 cm³/mol. The molecule has 106 valence electrons. The Labute approximate surface area is 126 Å². The lowest BCUT2D eigenvalue weighted by Crippen LogP contribution is -2.06. The SMILES string of the molecule is CCCOc1ncnc(Nc2cccc(C)c2Br)c1N. The molecule has 0 spiro atoms. The summed E-state index contributed by atoms with van der Waals surface area (Å²) in [4.78, 5) is 8.21. The van der Waals surface area contributed by atoms with Gasteiger partial charge in [-0.05, 0) is 40.9 Å². The van der Waals surface area contributed by atoms with Crippen molar-refractivity contribution in [3.05, 3.63) is 34.6 Å². The summed E-state index contributed by atoms with van der Waals surface area (Å²) >= 11 is 3.54. The molecule has 0 aliphatic heterocycles. The Morgan fingerprint density at radius 3 is 2.90 bits per heavy atom. The maximum Gasteiger partial charge on any atom is 0.242 e. The molecule has 0 saturated carbocycles. The second-order valence-corrected chi connectivity index (χ2v) is 5.14. The van der Waals surface area contributed by atoms with Crippen LogP contribution < -0.4 is 15.8 Å². The van der Waals surface area contributed by atoms with Gasteiger partial charge in [-0.25, -0.2) is 4.98 Å². The van der Waals surface area contributed by atoms with E-state index in [1.165, 1.54) is 6.33 Å². The molecule has 0 saturated heterocycles. The third kappa shape index (κ3) is 3.19. The van der Waals surface area contributed by atoms with Gasteiger partial charge in [-0.15, -0.1) is 0 Å². The highest BCUT2D eigenvalue weighted by Gasteiger charge is 2.11. The van der Waals surface area contributed by atoms with E-state index in [0.29, 0.717) is 24.0 Å². The fraction of sp³-hybridized carbons (Fsp3) is 0.286. The molecule has 0 unspecified atom stereocenters. The number of hydrogen-bond acceptors (Lipinski definition) is 5. The Morgan fingerprint density at radius 1 is 1.35 bits per heavy atom. The van der Waals surface area contributed by atoms with Crippen LogP contribution in [0, 0.1) is 6.92 Å². The monoisotopic (exact) mass is 336 g/mol. The molecule has 1 heterocycles. The standard InChI is InChI=1S/C14H17BrN4O/c1-3-7-20-14-12(16)13(17-8-18-14)19-10-6-4-5-9(2)11(10)15/h4-6,8H,3,7,16H2,1-2H3,(H,17,18,19). The van der Waals surface area contributed by atoms with E-state index in [9.17, 15) is 0 Å². The first-order valence-electron chi connectivity index (χ1n) is 6.39. The summed E-state index contributed by atoms with van der Waals surface area (Å²) in [7, 11) is 0. The second kappa shape index (κ2) is 6.56. The van der Waals surface area contributed by atoms with Gasteiger partial charge in [0.1, 0.15) is 12.0 Å². The van der Waals surface area contributed by atoms with Gasteiger partial charge in [0.2, 0.25) is 5.88 Å². The zero-order valence-electron chi connectivity index (χ0n) is 11.5. The van der Waals surface area contributed by atoms with Gasteiger partial charge in [-0.3, -0.25) is 0 Å². The summed E-state index contributed by atoms with van der Waals surface area (Å²) in [6.45, 7) is 4.63. The minimum Gasteiger partial charge on any atom is -0.476 e. The lowest BCUT2D eigenvalue weighted by atomic mass is 10.2. The highest BCUT2D eigenvalue weighted by Crippen LogP contribution is 2.32. The van der Waals surface area contributed by atoms with Gasteiger partial charge < -0.3 is 15.8 Å². The van der Waals surface area contributed by atoms with E-state index < -0.39 is 0 Å². The summed E-state index contributed by atoms with van der Waals surface area (Å²) in [6, 6.07) is 5.94. The molecule has 0 bridgehead atoms. The van der Waals surface area contributed by atoms with E-state index in [-0.39, 0.29) is 0 Å². The zero-order valence-corrected chi connectivity index (χ0v) is 13.1. The average molecular weight is 337 g/mol. The van der Waals surface area contributed by atoms with E-state index >= 15 is 0 Å². The van der Waals surface area contributed by atoms with Crippen molar-refractivity contribution < 1.29 is 4.74 Å². The Hall–Kier alpha value is -1.82. The normalized spacial score (nSPS) is 10.3. The van der Waals surface area contributed by atoms with Gasteiger partial charge in [0, 0.05) is 4.47 Å². The number of aromatic nitrogens is 2. The first-order valence-corrected chi connectivity index (χ1v) is 7.18. The molecule has 20 heavy (non-hydrogen) atoms. The van der Waals surface area contributed by atoms with Gasteiger partial charge in [-0.2, -0.15) is 4.98 Å².